The first-order valence-electron chi connectivity index (χ1n) is 11.5. The highest BCUT2D eigenvalue weighted by atomic mass is 16.3. The third-order valence-electron chi connectivity index (χ3n) is 6.71. The highest BCUT2D eigenvalue weighted by Gasteiger charge is 2.31. The number of nitrogens with one attached hydrogen (secondary N) is 2. The molecule has 2 aliphatic heterocycles. The molecule has 3 aromatic rings. The molecule has 3 heterocycles. The molecule has 0 saturated carbocycles. The van der Waals surface area contributed by atoms with Crippen molar-refractivity contribution in [3.63, 3.8) is 0 Å². The monoisotopic (exact) mass is 444 g/mol. The van der Waals surface area contributed by atoms with Gasteiger partial charge in [-0.05, 0) is 48.9 Å². The Balaban J connectivity index is 1.17. The Bertz CT molecular complexity index is 1180. The minimum atomic E-state index is -0.517. The second-order valence-electron chi connectivity index (χ2n) is 8.92. The molecule has 2 aromatic carbocycles. The summed E-state index contributed by atoms with van der Waals surface area (Å²) in [6.07, 6.45) is 5.02. The van der Waals surface area contributed by atoms with Crippen LogP contribution in [-0.4, -0.2) is 32.6 Å². The zero-order valence-electron chi connectivity index (χ0n) is 18.4. The molecule has 0 radical (unpaired) electrons. The first-order chi connectivity index (χ1) is 16.1. The van der Waals surface area contributed by atoms with Crippen molar-refractivity contribution in [2.45, 2.75) is 56.3 Å². The van der Waals surface area contributed by atoms with Gasteiger partial charge in [-0.3, -0.25) is 14.2 Å². The number of benzene rings is 2. The van der Waals surface area contributed by atoms with Crippen LogP contribution in [0.5, 0.6) is 0 Å². The van der Waals surface area contributed by atoms with Crippen molar-refractivity contribution < 1.29 is 9.90 Å². The van der Waals surface area contributed by atoms with E-state index in [9.17, 15) is 14.7 Å². The fourth-order valence-electron chi connectivity index (χ4n) is 5.00. The number of hydrogen-bond acceptors (Lipinski definition) is 5. The zero-order chi connectivity index (χ0) is 22.8. The van der Waals surface area contributed by atoms with Gasteiger partial charge in [0.15, 0.2) is 0 Å². The van der Waals surface area contributed by atoms with Crippen LogP contribution in [-0.2, 0) is 17.6 Å². The van der Waals surface area contributed by atoms with Crippen LogP contribution in [0, 0.1) is 0 Å². The summed E-state index contributed by atoms with van der Waals surface area (Å²) in [4.78, 5) is 29.1. The summed E-state index contributed by atoms with van der Waals surface area (Å²) in [7, 11) is 0. The number of rotatable bonds is 6. The average Bonchev–Trinajstić information content (AvgIpc) is 3.49. The van der Waals surface area contributed by atoms with Crippen LogP contribution in [0.2, 0.25) is 0 Å². The molecule has 7 nitrogen and oxygen atoms in total. The summed E-state index contributed by atoms with van der Waals surface area (Å²) in [5.41, 5.74) is 2.64. The summed E-state index contributed by atoms with van der Waals surface area (Å²) in [6, 6.07) is 18.9. The lowest BCUT2D eigenvalue weighted by molar-refractivity contribution is -0.119. The van der Waals surface area contributed by atoms with Gasteiger partial charge in [-0.1, -0.05) is 42.5 Å². The van der Waals surface area contributed by atoms with Crippen molar-refractivity contribution in [2.24, 2.45) is 0 Å². The number of aryl methyl sites for hydroxylation is 1. The quantitative estimate of drug-likeness (QED) is 0.543. The molecule has 170 valence electrons. The van der Waals surface area contributed by atoms with Gasteiger partial charge in [0.25, 0.3) is 5.56 Å². The van der Waals surface area contributed by atoms with Crippen LogP contribution in [0.4, 0.5) is 5.69 Å². The Morgan fingerprint density at radius 1 is 1.09 bits per heavy atom. The lowest BCUT2D eigenvalue weighted by atomic mass is 10.0. The van der Waals surface area contributed by atoms with Crippen LogP contribution >= 0.6 is 0 Å². The normalized spacial score (nSPS) is 22.6. The van der Waals surface area contributed by atoms with E-state index in [1.807, 2.05) is 54.6 Å². The van der Waals surface area contributed by atoms with E-state index in [2.05, 4.69) is 15.6 Å². The lowest BCUT2D eigenvalue weighted by Gasteiger charge is -2.20. The summed E-state index contributed by atoms with van der Waals surface area (Å²) < 4.78 is 1.50. The minimum absolute atomic E-state index is 0.0585. The van der Waals surface area contributed by atoms with E-state index in [4.69, 9.17) is 0 Å². The van der Waals surface area contributed by atoms with E-state index in [-0.39, 0.29) is 17.5 Å². The van der Waals surface area contributed by atoms with E-state index in [0.29, 0.717) is 30.4 Å². The van der Waals surface area contributed by atoms with Gasteiger partial charge in [0.2, 0.25) is 5.91 Å². The Kier molecular flexibility index (Phi) is 6.07. The number of nitrogens with zero attached hydrogens (tertiary/aromatic N) is 2. The first-order valence-corrected chi connectivity index (χ1v) is 11.5. The Morgan fingerprint density at radius 3 is 2.67 bits per heavy atom. The minimum Gasteiger partial charge on any atom is -0.387 e. The van der Waals surface area contributed by atoms with E-state index in [1.165, 1.54) is 22.4 Å². The van der Waals surface area contributed by atoms with Gasteiger partial charge < -0.3 is 15.7 Å². The molecule has 0 aliphatic carbocycles. The highest BCUT2D eigenvalue weighted by Crippen LogP contribution is 2.27. The third-order valence-corrected chi connectivity index (χ3v) is 6.71. The number of aliphatic hydroxyl groups is 1. The van der Waals surface area contributed by atoms with Gasteiger partial charge in [-0.2, -0.15) is 0 Å². The Morgan fingerprint density at radius 2 is 1.88 bits per heavy atom. The van der Waals surface area contributed by atoms with E-state index in [1.54, 1.807) is 0 Å². The number of hydrogen-bond donors (Lipinski definition) is 3. The number of aliphatic hydroxyl groups excluding tert-OH is 1. The van der Waals surface area contributed by atoms with Crippen molar-refractivity contribution in [2.75, 3.05) is 5.32 Å². The number of fused-ring (bicyclic) bond motifs is 1. The number of carbonyl (C=O) groups is 1. The molecule has 0 unspecified atom stereocenters. The first kappa shape index (κ1) is 21.6. The molecule has 1 fully saturated rings. The van der Waals surface area contributed by atoms with Crippen LogP contribution in [0.3, 0.4) is 0 Å². The molecule has 1 saturated heterocycles. The van der Waals surface area contributed by atoms with Crippen LogP contribution in [0.15, 0.2) is 71.7 Å². The van der Waals surface area contributed by atoms with Gasteiger partial charge in [-0.25, -0.2) is 4.98 Å². The van der Waals surface area contributed by atoms with Crippen LogP contribution in [0.1, 0.15) is 48.4 Å². The van der Waals surface area contributed by atoms with Crippen molar-refractivity contribution >= 4 is 11.6 Å². The van der Waals surface area contributed by atoms with E-state index < -0.39 is 12.1 Å². The summed E-state index contributed by atoms with van der Waals surface area (Å²) in [5, 5.41) is 17.2. The third kappa shape index (κ3) is 4.60. The molecular formula is C26H28N4O3. The summed E-state index contributed by atoms with van der Waals surface area (Å²) in [5.74, 6) is 0.476. The molecule has 1 amide bonds. The maximum absolute atomic E-state index is 12.8. The van der Waals surface area contributed by atoms with Crippen LogP contribution in [0.25, 0.3) is 0 Å². The smallest absolute Gasteiger partial charge is 0.254 e. The predicted octanol–water partition coefficient (Wildman–Crippen LogP) is 2.77. The van der Waals surface area contributed by atoms with E-state index >= 15 is 0 Å². The molecule has 5 rings (SSSR count). The van der Waals surface area contributed by atoms with E-state index in [0.717, 1.165) is 24.8 Å². The average molecular weight is 445 g/mol. The fourth-order valence-corrected chi connectivity index (χ4v) is 5.00. The van der Waals surface area contributed by atoms with Gasteiger partial charge in [0.1, 0.15) is 11.9 Å². The molecule has 4 atom stereocenters. The number of anilines is 1. The molecule has 1 aromatic heterocycles. The molecule has 33 heavy (non-hydrogen) atoms. The maximum Gasteiger partial charge on any atom is 0.254 e. The van der Waals surface area contributed by atoms with Crippen molar-refractivity contribution in [1.29, 1.82) is 0 Å². The Labute approximate surface area is 192 Å². The van der Waals surface area contributed by atoms with Gasteiger partial charge in [-0.15, -0.1) is 0 Å². The van der Waals surface area contributed by atoms with Crippen molar-refractivity contribution in [3.05, 3.63) is 94.2 Å². The standard InChI is InChI=1S/C26H28N4O3/c31-24-14-15-27-23-13-12-22(30(23)24)26(33)29-19-8-6-17(7-9-19)16-20-10-11-21(28-20)25(32)18-4-2-1-3-5-18/h1-9,14-15,20-22,25,28,32H,10-13,16H2,(H,29,33)/t20-,21+,22+,25+/m0/s1. The molecular weight excluding hydrogens is 416 g/mol. The Hall–Kier alpha value is -3.29. The molecule has 0 bridgehead atoms. The van der Waals surface area contributed by atoms with Crippen LogP contribution < -0.4 is 16.2 Å². The number of aromatic nitrogens is 2. The molecule has 7 heteroatoms. The van der Waals surface area contributed by atoms with Crippen molar-refractivity contribution in [1.82, 2.24) is 14.9 Å². The predicted molar refractivity (Wildman–Crippen MR) is 126 cm³/mol. The molecule has 0 spiro atoms. The summed E-state index contributed by atoms with van der Waals surface area (Å²) in [6.45, 7) is 0. The molecule has 2 aliphatic rings. The topological polar surface area (TPSA) is 96.2 Å². The highest BCUT2D eigenvalue weighted by molar-refractivity contribution is 5.94. The zero-order valence-corrected chi connectivity index (χ0v) is 18.4. The van der Waals surface area contributed by atoms with Gasteiger partial charge >= 0.3 is 0 Å². The maximum atomic E-state index is 12.8. The number of amides is 1. The van der Waals surface area contributed by atoms with Gasteiger partial charge in [0, 0.05) is 36.5 Å². The lowest BCUT2D eigenvalue weighted by Crippen LogP contribution is -2.35. The molecule has 3 N–H and O–H groups in total. The van der Waals surface area contributed by atoms with Gasteiger partial charge in [0.05, 0.1) is 6.10 Å². The second-order valence-corrected chi connectivity index (χ2v) is 8.92. The van der Waals surface area contributed by atoms with Crippen molar-refractivity contribution in [3.8, 4) is 0 Å². The SMILES string of the molecule is O=C(Nc1ccc(C[C@@H]2CC[C@H]([C@H](O)c3ccccc3)N2)cc1)[C@H]1CCc2nccc(=O)n21. The summed E-state index contributed by atoms with van der Waals surface area (Å²) >= 11 is 0. The second kappa shape index (κ2) is 9.29. The number of carbonyl (C=O) groups excluding carboxylic acids is 1. The fraction of sp³-hybridized carbons (Fsp3) is 0.346. The largest absolute Gasteiger partial charge is 0.387 e.